The molecule has 0 fully saturated rings. The molecule has 0 spiro atoms. The first-order valence-electron chi connectivity index (χ1n) is 5.90. The number of amides is 1. The number of rotatable bonds is 6. The third-order valence-corrected chi connectivity index (χ3v) is 2.51. The number of halogens is 2. The van der Waals surface area contributed by atoms with Gasteiger partial charge in [-0.15, -0.1) is 0 Å². The maximum Gasteiger partial charge on any atom is 0.246 e. The maximum atomic E-state index is 13.6. The van der Waals surface area contributed by atoms with Crippen LogP contribution in [0.1, 0.15) is 31.9 Å². The predicted molar refractivity (Wildman–Crippen MR) is 64.0 cm³/mol. The van der Waals surface area contributed by atoms with Crippen molar-refractivity contribution in [2.75, 3.05) is 13.2 Å². The molecular formula is C13H17F2NO2. The van der Waals surface area contributed by atoms with Crippen molar-refractivity contribution in [1.82, 2.24) is 5.32 Å². The average molecular weight is 257 g/mol. The number of nitrogens with one attached hydrogen (secondary N) is 1. The van der Waals surface area contributed by atoms with Gasteiger partial charge in [0.15, 0.2) is 0 Å². The van der Waals surface area contributed by atoms with Crippen LogP contribution in [0.4, 0.5) is 8.78 Å². The molecule has 1 N–H and O–H groups in total. The largest absolute Gasteiger partial charge is 0.372 e. The molecular weight excluding hydrogens is 240 g/mol. The van der Waals surface area contributed by atoms with Crippen molar-refractivity contribution in [3.63, 3.8) is 0 Å². The van der Waals surface area contributed by atoms with Gasteiger partial charge in [-0.2, -0.15) is 0 Å². The lowest BCUT2D eigenvalue weighted by molar-refractivity contribution is -0.126. The smallest absolute Gasteiger partial charge is 0.246 e. The highest BCUT2D eigenvalue weighted by Crippen LogP contribution is 2.21. The number of hydrogen-bond acceptors (Lipinski definition) is 2. The molecule has 100 valence electrons. The van der Waals surface area contributed by atoms with Crippen molar-refractivity contribution >= 4 is 5.91 Å². The summed E-state index contributed by atoms with van der Waals surface area (Å²) in [5, 5.41) is 2.62. The Hall–Kier alpha value is -1.49. The van der Waals surface area contributed by atoms with E-state index < -0.39 is 17.7 Å². The molecule has 0 aliphatic carbocycles. The van der Waals surface area contributed by atoms with E-state index in [4.69, 9.17) is 4.74 Å². The Balaban J connectivity index is 2.76. The highest BCUT2D eigenvalue weighted by atomic mass is 19.1. The topological polar surface area (TPSA) is 38.3 Å². The van der Waals surface area contributed by atoms with Crippen molar-refractivity contribution in [3.8, 4) is 0 Å². The van der Waals surface area contributed by atoms with Gasteiger partial charge in [0.1, 0.15) is 18.2 Å². The summed E-state index contributed by atoms with van der Waals surface area (Å²) in [5.41, 5.74) is 0.155. The maximum absolute atomic E-state index is 13.6. The first-order chi connectivity index (χ1) is 8.58. The van der Waals surface area contributed by atoms with Gasteiger partial charge in [0, 0.05) is 12.2 Å². The standard InChI is InChI=1S/C13H17F2NO2/c1-3-12(16-13(17)8-18-4-2)10-7-9(14)5-6-11(10)15/h5-7,12H,3-4,8H2,1-2H3,(H,16,17)/t12-/m1/s1. The van der Waals surface area contributed by atoms with Gasteiger partial charge in [-0.25, -0.2) is 8.78 Å². The molecule has 18 heavy (non-hydrogen) atoms. The minimum atomic E-state index is -0.548. The molecule has 1 amide bonds. The van der Waals surface area contributed by atoms with Crippen LogP contribution in [0.15, 0.2) is 18.2 Å². The summed E-state index contributed by atoms with van der Waals surface area (Å²) in [7, 11) is 0. The van der Waals surface area contributed by atoms with E-state index in [0.717, 1.165) is 18.2 Å². The van der Waals surface area contributed by atoms with Crippen LogP contribution in [-0.2, 0) is 9.53 Å². The van der Waals surface area contributed by atoms with Gasteiger partial charge in [-0.1, -0.05) is 6.92 Å². The molecule has 0 aliphatic rings. The lowest BCUT2D eigenvalue weighted by atomic mass is 10.0. The zero-order valence-corrected chi connectivity index (χ0v) is 10.5. The first kappa shape index (κ1) is 14.6. The van der Waals surface area contributed by atoms with Crippen LogP contribution >= 0.6 is 0 Å². The highest BCUT2D eigenvalue weighted by Gasteiger charge is 2.17. The Morgan fingerprint density at radius 2 is 2.11 bits per heavy atom. The summed E-state index contributed by atoms with van der Waals surface area (Å²) >= 11 is 0. The van der Waals surface area contributed by atoms with E-state index in [1.165, 1.54) is 0 Å². The number of carbonyl (C=O) groups is 1. The van der Waals surface area contributed by atoms with Crippen LogP contribution in [0.2, 0.25) is 0 Å². The fourth-order valence-corrected chi connectivity index (χ4v) is 1.61. The summed E-state index contributed by atoms with van der Waals surface area (Å²) in [4.78, 5) is 11.5. The summed E-state index contributed by atoms with van der Waals surface area (Å²) in [5.74, 6) is -1.39. The normalized spacial score (nSPS) is 12.2. The third-order valence-electron chi connectivity index (χ3n) is 2.51. The summed E-state index contributed by atoms with van der Waals surface area (Å²) in [6.45, 7) is 3.91. The van der Waals surface area contributed by atoms with Gasteiger partial charge >= 0.3 is 0 Å². The van der Waals surface area contributed by atoms with E-state index in [2.05, 4.69) is 5.32 Å². The summed E-state index contributed by atoms with van der Waals surface area (Å²) < 4.78 is 31.6. The van der Waals surface area contributed by atoms with Gasteiger partial charge < -0.3 is 10.1 Å². The molecule has 3 nitrogen and oxygen atoms in total. The molecule has 0 heterocycles. The van der Waals surface area contributed by atoms with Gasteiger partial charge in [0.2, 0.25) is 5.91 Å². The Morgan fingerprint density at radius 1 is 1.39 bits per heavy atom. The summed E-state index contributed by atoms with van der Waals surface area (Å²) in [6.07, 6.45) is 0.470. The van der Waals surface area contributed by atoms with Crippen LogP contribution in [0.5, 0.6) is 0 Å². The lowest BCUT2D eigenvalue weighted by Crippen LogP contribution is -2.32. The van der Waals surface area contributed by atoms with Crippen molar-refractivity contribution in [2.24, 2.45) is 0 Å². The Bertz CT molecular complexity index is 410. The zero-order valence-electron chi connectivity index (χ0n) is 10.5. The molecule has 0 aromatic heterocycles. The van der Waals surface area contributed by atoms with Gasteiger partial charge in [0.25, 0.3) is 0 Å². The molecule has 1 aromatic carbocycles. The van der Waals surface area contributed by atoms with Crippen molar-refractivity contribution < 1.29 is 18.3 Å². The number of benzene rings is 1. The molecule has 1 atom stereocenters. The van der Waals surface area contributed by atoms with E-state index in [9.17, 15) is 13.6 Å². The Labute approximate surface area is 105 Å². The first-order valence-corrected chi connectivity index (χ1v) is 5.90. The van der Waals surface area contributed by atoms with E-state index in [1.54, 1.807) is 13.8 Å². The molecule has 1 aromatic rings. The van der Waals surface area contributed by atoms with Crippen LogP contribution in [0, 0.1) is 11.6 Å². The Kier molecular flexibility index (Phi) is 5.71. The van der Waals surface area contributed by atoms with Gasteiger partial charge in [-0.3, -0.25) is 4.79 Å². The van der Waals surface area contributed by atoms with E-state index in [-0.39, 0.29) is 18.1 Å². The monoisotopic (exact) mass is 257 g/mol. The fourth-order valence-electron chi connectivity index (χ4n) is 1.61. The number of carbonyl (C=O) groups excluding carboxylic acids is 1. The number of ether oxygens (including phenoxy) is 1. The SMILES string of the molecule is CCOCC(=O)N[C@H](CC)c1cc(F)ccc1F. The van der Waals surface area contributed by atoms with E-state index in [0.29, 0.717) is 13.0 Å². The average Bonchev–Trinajstić information content (AvgIpc) is 2.36. The van der Waals surface area contributed by atoms with Crippen molar-refractivity contribution in [3.05, 3.63) is 35.4 Å². The fraction of sp³-hybridized carbons (Fsp3) is 0.462. The zero-order chi connectivity index (χ0) is 13.5. The highest BCUT2D eigenvalue weighted by molar-refractivity contribution is 5.77. The molecule has 0 unspecified atom stereocenters. The van der Waals surface area contributed by atoms with Gasteiger partial charge in [-0.05, 0) is 31.5 Å². The molecule has 0 bridgehead atoms. The van der Waals surface area contributed by atoms with Crippen LogP contribution < -0.4 is 5.32 Å². The second-order valence-electron chi connectivity index (χ2n) is 3.83. The molecule has 0 saturated carbocycles. The summed E-state index contributed by atoms with van der Waals surface area (Å²) in [6, 6.07) is 2.66. The van der Waals surface area contributed by atoms with Crippen LogP contribution in [-0.4, -0.2) is 19.1 Å². The predicted octanol–water partition coefficient (Wildman–Crippen LogP) is 2.57. The van der Waals surface area contributed by atoms with Gasteiger partial charge in [0.05, 0.1) is 6.04 Å². The van der Waals surface area contributed by atoms with Crippen molar-refractivity contribution in [1.29, 1.82) is 0 Å². The van der Waals surface area contributed by atoms with E-state index in [1.807, 2.05) is 0 Å². The molecule has 0 aliphatic heterocycles. The minimum Gasteiger partial charge on any atom is -0.372 e. The Morgan fingerprint density at radius 3 is 2.72 bits per heavy atom. The van der Waals surface area contributed by atoms with E-state index >= 15 is 0 Å². The van der Waals surface area contributed by atoms with Crippen LogP contribution in [0.3, 0.4) is 0 Å². The second kappa shape index (κ2) is 7.06. The molecule has 5 heteroatoms. The third kappa shape index (κ3) is 4.07. The minimum absolute atomic E-state index is 0.0794. The molecule has 0 saturated heterocycles. The second-order valence-corrected chi connectivity index (χ2v) is 3.83. The van der Waals surface area contributed by atoms with Crippen LogP contribution in [0.25, 0.3) is 0 Å². The van der Waals surface area contributed by atoms with Crippen molar-refractivity contribution in [2.45, 2.75) is 26.3 Å². The quantitative estimate of drug-likeness (QED) is 0.850. The lowest BCUT2D eigenvalue weighted by Gasteiger charge is -2.18. The molecule has 0 radical (unpaired) electrons. The molecule has 1 rings (SSSR count). The number of hydrogen-bond donors (Lipinski definition) is 1.